The Morgan fingerprint density at radius 1 is 1.30 bits per heavy atom. The van der Waals surface area contributed by atoms with Crippen molar-refractivity contribution in [2.75, 3.05) is 6.79 Å². The summed E-state index contributed by atoms with van der Waals surface area (Å²) in [6.45, 7) is 1.88. The van der Waals surface area contributed by atoms with Crippen molar-refractivity contribution in [1.29, 1.82) is 0 Å². The molecule has 0 bridgehead atoms. The highest BCUT2D eigenvalue weighted by atomic mass is 16.7. The normalized spacial score (nSPS) is 13.1. The van der Waals surface area contributed by atoms with E-state index in [4.69, 9.17) is 9.47 Å². The molecule has 0 atom stereocenters. The summed E-state index contributed by atoms with van der Waals surface area (Å²) in [5.41, 5.74) is 1.10. The number of nitrogens with zero attached hydrogens (tertiary/aromatic N) is 4. The highest BCUT2D eigenvalue weighted by molar-refractivity contribution is 5.83. The average Bonchev–Trinajstić information content (AvgIpc) is 3.01. The molecule has 1 aliphatic rings. The first-order valence-corrected chi connectivity index (χ1v) is 7.00. The van der Waals surface area contributed by atoms with Gasteiger partial charge in [-0.2, -0.15) is 9.78 Å². The number of aryl methyl sites for hydroxylation is 1. The second-order valence-corrected chi connectivity index (χ2v) is 5.03. The molecule has 0 saturated carbocycles. The topological polar surface area (TPSA) is 78.6 Å². The third-order valence-electron chi connectivity index (χ3n) is 3.51. The molecule has 0 fully saturated rings. The van der Waals surface area contributed by atoms with Gasteiger partial charge in [0.1, 0.15) is 5.82 Å². The van der Waals surface area contributed by atoms with Crippen LogP contribution >= 0.6 is 0 Å². The summed E-state index contributed by atoms with van der Waals surface area (Å²) in [4.78, 5) is 21.1. The number of fused-ring (bicyclic) bond motifs is 2. The molecule has 1 aliphatic heterocycles. The van der Waals surface area contributed by atoms with Crippen LogP contribution in [0.1, 0.15) is 11.4 Å². The van der Waals surface area contributed by atoms with Crippen LogP contribution < -0.4 is 15.0 Å². The molecule has 1 aromatic carbocycles. The van der Waals surface area contributed by atoms with Crippen LogP contribution in [-0.4, -0.2) is 27.7 Å². The van der Waals surface area contributed by atoms with Crippen molar-refractivity contribution >= 4 is 17.1 Å². The lowest BCUT2D eigenvalue weighted by Crippen LogP contribution is -2.20. The lowest BCUT2D eigenvalue weighted by Gasteiger charge is -2.06. The quantitative estimate of drug-likeness (QED) is 0.673. The van der Waals surface area contributed by atoms with E-state index >= 15 is 0 Å². The maximum Gasteiger partial charge on any atom is 0.282 e. The van der Waals surface area contributed by atoms with E-state index in [1.165, 1.54) is 4.68 Å². The Labute approximate surface area is 130 Å². The Morgan fingerprint density at radius 2 is 2.13 bits per heavy atom. The fourth-order valence-electron chi connectivity index (χ4n) is 2.39. The lowest BCUT2D eigenvalue weighted by molar-refractivity contribution is 0.174. The minimum Gasteiger partial charge on any atom is -0.454 e. The van der Waals surface area contributed by atoms with E-state index < -0.39 is 0 Å². The molecule has 0 unspecified atom stereocenters. The summed E-state index contributed by atoms with van der Waals surface area (Å²) in [5.74, 6) is 1.63. The maximum absolute atomic E-state index is 12.7. The molecule has 0 aliphatic carbocycles. The Morgan fingerprint density at radius 3 is 2.91 bits per heavy atom. The summed E-state index contributed by atoms with van der Waals surface area (Å²) < 4.78 is 11.9. The van der Waals surface area contributed by atoms with Crippen molar-refractivity contribution in [1.82, 2.24) is 14.6 Å². The van der Waals surface area contributed by atoms with E-state index in [2.05, 4.69) is 15.1 Å². The van der Waals surface area contributed by atoms with Gasteiger partial charge in [0.2, 0.25) is 6.79 Å². The standard InChI is InChI=1S/C16H12N4O3/c1-10-19-13-6-15-14(22-9-23-15)5-12(13)16(21)20(10)18-8-11-3-2-4-17-7-11/h2-8H,9H2,1H3/b18-8+. The fraction of sp³-hybridized carbons (Fsp3) is 0.125. The fourth-order valence-corrected chi connectivity index (χ4v) is 2.39. The zero-order valence-electron chi connectivity index (χ0n) is 12.3. The summed E-state index contributed by atoms with van der Waals surface area (Å²) >= 11 is 0. The number of pyridine rings is 1. The Hall–Kier alpha value is -3.22. The molecular formula is C16H12N4O3. The molecule has 3 heterocycles. The summed E-state index contributed by atoms with van der Waals surface area (Å²) in [6, 6.07) is 7.00. The molecule has 23 heavy (non-hydrogen) atoms. The van der Waals surface area contributed by atoms with Crippen LogP contribution in [0.3, 0.4) is 0 Å². The van der Waals surface area contributed by atoms with Gasteiger partial charge in [-0.25, -0.2) is 4.98 Å². The minimum absolute atomic E-state index is 0.151. The summed E-state index contributed by atoms with van der Waals surface area (Å²) in [6.07, 6.45) is 4.91. The lowest BCUT2D eigenvalue weighted by atomic mass is 10.2. The zero-order valence-corrected chi connectivity index (χ0v) is 12.3. The van der Waals surface area contributed by atoms with Crippen LogP contribution in [0.25, 0.3) is 10.9 Å². The molecule has 2 aromatic heterocycles. The Kier molecular flexibility index (Phi) is 3.04. The maximum atomic E-state index is 12.7. The smallest absolute Gasteiger partial charge is 0.282 e. The van der Waals surface area contributed by atoms with Crippen LogP contribution in [-0.2, 0) is 0 Å². The largest absolute Gasteiger partial charge is 0.454 e. The van der Waals surface area contributed by atoms with Crippen molar-refractivity contribution in [2.24, 2.45) is 5.10 Å². The number of ether oxygens (including phenoxy) is 2. The molecule has 0 saturated heterocycles. The van der Waals surface area contributed by atoms with Gasteiger partial charge in [-0.1, -0.05) is 6.07 Å². The predicted molar refractivity (Wildman–Crippen MR) is 84.1 cm³/mol. The number of hydrogen-bond acceptors (Lipinski definition) is 6. The second kappa shape index (κ2) is 5.20. The van der Waals surface area contributed by atoms with Gasteiger partial charge in [0.15, 0.2) is 11.5 Å². The van der Waals surface area contributed by atoms with Crippen LogP contribution in [0.5, 0.6) is 11.5 Å². The summed E-state index contributed by atoms with van der Waals surface area (Å²) in [5, 5.41) is 4.66. The first kappa shape index (κ1) is 13.4. The molecule has 4 rings (SSSR count). The van der Waals surface area contributed by atoms with Gasteiger partial charge in [0.25, 0.3) is 5.56 Å². The van der Waals surface area contributed by atoms with Crippen molar-refractivity contribution in [3.8, 4) is 11.5 Å². The van der Waals surface area contributed by atoms with Gasteiger partial charge in [0.05, 0.1) is 17.1 Å². The molecule has 0 radical (unpaired) electrons. The van der Waals surface area contributed by atoms with Crippen molar-refractivity contribution < 1.29 is 9.47 Å². The molecule has 7 nitrogen and oxygen atoms in total. The second-order valence-electron chi connectivity index (χ2n) is 5.03. The monoisotopic (exact) mass is 308 g/mol. The highest BCUT2D eigenvalue weighted by Crippen LogP contribution is 2.34. The van der Waals surface area contributed by atoms with Gasteiger partial charge in [-0.3, -0.25) is 9.78 Å². The van der Waals surface area contributed by atoms with Crippen LogP contribution in [0.2, 0.25) is 0 Å². The third kappa shape index (κ3) is 2.32. The van der Waals surface area contributed by atoms with Gasteiger partial charge >= 0.3 is 0 Å². The molecule has 114 valence electrons. The molecule has 0 amide bonds. The summed E-state index contributed by atoms with van der Waals surface area (Å²) in [7, 11) is 0. The highest BCUT2D eigenvalue weighted by Gasteiger charge is 2.17. The van der Waals surface area contributed by atoms with Gasteiger partial charge in [-0.05, 0) is 19.1 Å². The Balaban J connectivity index is 1.86. The molecule has 0 N–H and O–H groups in total. The van der Waals surface area contributed by atoms with E-state index in [1.54, 1.807) is 43.7 Å². The third-order valence-corrected chi connectivity index (χ3v) is 3.51. The van der Waals surface area contributed by atoms with Crippen LogP contribution in [0.4, 0.5) is 0 Å². The number of benzene rings is 1. The van der Waals surface area contributed by atoms with Gasteiger partial charge < -0.3 is 9.47 Å². The first-order chi connectivity index (χ1) is 11.2. The molecule has 7 heteroatoms. The van der Waals surface area contributed by atoms with E-state index in [0.29, 0.717) is 28.2 Å². The number of hydrogen-bond donors (Lipinski definition) is 0. The van der Waals surface area contributed by atoms with Crippen LogP contribution in [0, 0.1) is 6.92 Å². The van der Waals surface area contributed by atoms with E-state index in [0.717, 1.165) is 5.56 Å². The van der Waals surface area contributed by atoms with E-state index in [1.807, 2.05) is 6.07 Å². The van der Waals surface area contributed by atoms with Crippen LogP contribution in [0.15, 0.2) is 46.6 Å². The first-order valence-electron chi connectivity index (χ1n) is 7.00. The van der Waals surface area contributed by atoms with E-state index in [-0.39, 0.29) is 12.4 Å². The number of rotatable bonds is 2. The average molecular weight is 308 g/mol. The van der Waals surface area contributed by atoms with Crippen molar-refractivity contribution in [3.63, 3.8) is 0 Å². The molecule has 0 spiro atoms. The molecule has 3 aromatic rings. The predicted octanol–water partition coefficient (Wildman–Crippen LogP) is 1.71. The molecular weight excluding hydrogens is 296 g/mol. The minimum atomic E-state index is -0.258. The van der Waals surface area contributed by atoms with Gasteiger partial charge in [0, 0.05) is 24.0 Å². The van der Waals surface area contributed by atoms with Crippen molar-refractivity contribution in [3.05, 3.63) is 58.4 Å². The number of aromatic nitrogens is 3. The Bertz CT molecular complexity index is 980. The SMILES string of the molecule is Cc1nc2cc3c(cc2c(=O)n1/N=C/c1cccnc1)OCO3. The van der Waals surface area contributed by atoms with Crippen molar-refractivity contribution in [2.45, 2.75) is 6.92 Å². The zero-order chi connectivity index (χ0) is 15.8. The van der Waals surface area contributed by atoms with E-state index in [9.17, 15) is 4.79 Å². The van der Waals surface area contributed by atoms with Gasteiger partial charge in [-0.15, -0.1) is 0 Å².